The number of fused-ring (bicyclic) bond motifs is 1. The number of thiazole rings is 1. The van der Waals surface area contributed by atoms with Crippen LogP contribution in [0.1, 0.15) is 47.6 Å². The first kappa shape index (κ1) is 16.5. The molecule has 0 amide bonds. The van der Waals surface area contributed by atoms with Crippen molar-refractivity contribution < 1.29 is 5.11 Å². The minimum Gasteiger partial charge on any atom is -0.492 e. The summed E-state index contributed by atoms with van der Waals surface area (Å²) in [5.74, 6) is 1.59. The van der Waals surface area contributed by atoms with Gasteiger partial charge in [0.1, 0.15) is 5.82 Å². The molecule has 132 valence electrons. The maximum atomic E-state index is 10.9. The Bertz CT molecular complexity index is 900. The van der Waals surface area contributed by atoms with Crippen LogP contribution in [-0.2, 0) is 0 Å². The lowest BCUT2D eigenvalue weighted by Crippen LogP contribution is -2.38. The second kappa shape index (κ2) is 6.42. The number of rotatable bonds is 3. The van der Waals surface area contributed by atoms with Gasteiger partial charge in [-0.25, -0.2) is 4.98 Å². The molecule has 0 unspecified atom stereocenters. The van der Waals surface area contributed by atoms with Gasteiger partial charge in [0, 0.05) is 6.54 Å². The molecule has 0 bridgehead atoms. The van der Waals surface area contributed by atoms with Crippen LogP contribution < -0.4 is 0 Å². The Labute approximate surface area is 151 Å². The van der Waals surface area contributed by atoms with E-state index in [1.54, 1.807) is 15.9 Å². The van der Waals surface area contributed by atoms with Gasteiger partial charge in [-0.2, -0.15) is 4.52 Å². The summed E-state index contributed by atoms with van der Waals surface area (Å²) >= 11 is 1.55. The van der Waals surface area contributed by atoms with Gasteiger partial charge in [-0.05, 0) is 50.3 Å². The van der Waals surface area contributed by atoms with E-state index in [1.165, 1.54) is 24.0 Å². The Hall–Kier alpha value is -1.92. The van der Waals surface area contributed by atoms with Crippen LogP contribution >= 0.6 is 11.3 Å². The summed E-state index contributed by atoms with van der Waals surface area (Å²) in [6.45, 7) is 8.41. The van der Waals surface area contributed by atoms with Gasteiger partial charge in [0.25, 0.3) is 0 Å². The van der Waals surface area contributed by atoms with Gasteiger partial charge in [0.2, 0.25) is 10.8 Å². The lowest BCUT2D eigenvalue weighted by Gasteiger charge is -2.37. The van der Waals surface area contributed by atoms with E-state index in [-0.39, 0.29) is 11.9 Å². The summed E-state index contributed by atoms with van der Waals surface area (Å²) < 4.78 is 1.58. The van der Waals surface area contributed by atoms with Crippen molar-refractivity contribution in [2.75, 3.05) is 13.1 Å². The maximum absolute atomic E-state index is 10.9. The third kappa shape index (κ3) is 2.93. The number of aromatic hydroxyl groups is 1. The molecule has 5 nitrogen and oxygen atoms in total. The number of nitrogens with zero attached hydrogens (tertiary/aromatic N) is 4. The second-order valence-electron chi connectivity index (χ2n) is 7.14. The van der Waals surface area contributed by atoms with Crippen molar-refractivity contribution >= 4 is 16.3 Å². The van der Waals surface area contributed by atoms with Gasteiger partial charge < -0.3 is 5.11 Å². The van der Waals surface area contributed by atoms with Crippen molar-refractivity contribution in [3.63, 3.8) is 0 Å². The number of aryl methyl sites for hydroxylation is 2. The van der Waals surface area contributed by atoms with Crippen LogP contribution in [0.4, 0.5) is 0 Å². The molecule has 0 radical (unpaired) electrons. The van der Waals surface area contributed by atoms with Crippen molar-refractivity contribution in [1.29, 1.82) is 0 Å². The summed E-state index contributed by atoms with van der Waals surface area (Å²) in [4.78, 5) is 8.65. The van der Waals surface area contributed by atoms with Crippen LogP contribution in [0.25, 0.3) is 4.96 Å². The second-order valence-corrected chi connectivity index (χ2v) is 8.15. The first-order chi connectivity index (χ1) is 12.0. The third-order valence-electron chi connectivity index (χ3n) is 5.09. The van der Waals surface area contributed by atoms with E-state index in [4.69, 9.17) is 0 Å². The highest BCUT2D eigenvalue weighted by molar-refractivity contribution is 7.17. The van der Waals surface area contributed by atoms with E-state index in [0.717, 1.165) is 22.9 Å². The van der Waals surface area contributed by atoms with E-state index in [2.05, 4.69) is 53.1 Å². The molecule has 1 aromatic carbocycles. The Balaban J connectivity index is 1.85. The zero-order valence-corrected chi connectivity index (χ0v) is 15.8. The van der Waals surface area contributed by atoms with Crippen LogP contribution in [0.2, 0.25) is 0 Å². The van der Waals surface area contributed by atoms with E-state index in [0.29, 0.717) is 11.7 Å². The molecular weight excluding hydrogens is 332 g/mol. The number of hydrogen-bond donors (Lipinski definition) is 1. The van der Waals surface area contributed by atoms with Gasteiger partial charge in [-0.15, -0.1) is 5.10 Å². The van der Waals surface area contributed by atoms with Gasteiger partial charge in [-0.1, -0.05) is 42.5 Å². The fourth-order valence-electron chi connectivity index (χ4n) is 3.88. The Morgan fingerprint density at radius 1 is 1.28 bits per heavy atom. The average Bonchev–Trinajstić information content (AvgIpc) is 3.08. The van der Waals surface area contributed by atoms with Crippen molar-refractivity contribution in [3.8, 4) is 5.88 Å². The number of piperidine rings is 1. The lowest BCUT2D eigenvalue weighted by molar-refractivity contribution is 0.148. The lowest BCUT2D eigenvalue weighted by atomic mass is 9.93. The van der Waals surface area contributed by atoms with Gasteiger partial charge in [0.05, 0.1) is 10.9 Å². The van der Waals surface area contributed by atoms with Crippen LogP contribution in [0.5, 0.6) is 5.88 Å². The predicted octanol–water partition coefficient (Wildman–Crippen LogP) is 3.93. The molecule has 3 aromatic rings. The summed E-state index contributed by atoms with van der Waals surface area (Å²) in [7, 11) is 0. The smallest absolute Gasteiger partial charge is 0.230 e. The molecule has 2 atom stereocenters. The van der Waals surface area contributed by atoms with Crippen LogP contribution in [0.15, 0.2) is 24.3 Å². The van der Waals surface area contributed by atoms with Crippen LogP contribution in [0.3, 0.4) is 0 Å². The van der Waals surface area contributed by atoms with E-state index in [9.17, 15) is 5.11 Å². The molecule has 1 aliphatic rings. The first-order valence-electron chi connectivity index (χ1n) is 8.89. The topological polar surface area (TPSA) is 53.7 Å². The standard InChI is InChI=1S/C19H24N4OS/c1-12-7-6-10-22(11-12)16(15-9-5-4-8-13(15)2)17-18(24)23-19(25-17)20-14(3)21-23/h4-5,8-9,12,16,24H,6-7,10-11H2,1-3H3/t12-,16-/m0/s1. The highest BCUT2D eigenvalue weighted by Crippen LogP contribution is 2.42. The third-order valence-corrected chi connectivity index (χ3v) is 6.16. The minimum atomic E-state index is 0.0535. The summed E-state index contributed by atoms with van der Waals surface area (Å²) in [5, 5.41) is 15.2. The van der Waals surface area contributed by atoms with Crippen molar-refractivity contribution in [1.82, 2.24) is 19.5 Å². The Kier molecular flexibility index (Phi) is 4.25. The predicted molar refractivity (Wildman–Crippen MR) is 100 cm³/mol. The van der Waals surface area contributed by atoms with Gasteiger partial charge in [-0.3, -0.25) is 4.90 Å². The van der Waals surface area contributed by atoms with Crippen LogP contribution in [-0.4, -0.2) is 37.7 Å². The number of aromatic nitrogens is 3. The normalized spacial score (nSPS) is 20.2. The number of hydrogen-bond acceptors (Lipinski definition) is 5. The molecule has 1 fully saturated rings. The molecule has 25 heavy (non-hydrogen) atoms. The quantitative estimate of drug-likeness (QED) is 0.772. The van der Waals surface area contributed by atoms with Crippen molar-refractivity contribution in [3.05, 3.63) is 46.1 Å². The molecule has 1 saturated heterocycles. The average molecular weight is 356 g/mol. The summed E-state index contributed by atoms with van der Waals surface area (Å²) in [6, 6.07) is 8.53. The fraction of sp³-hybridized carbons (Fsp3) is 0.474. The Morgan fingerprint density at radius 3 is 2.80 bits per heavy atom. The molecule has 6 heteroatoms. The molecule has 3 heterocycles. The zero-order valence-electron chi connectivity index (χ0n) is 14.9. The van der Waals surface area contributed by atoms with Crippen LogP contribution in [0, 0.1) is 19.8 Å². The van der Waals surface area contributed by atoms with E-state index >= 15 is 0 Å². The summed E-state index contributed by atoms with van der Waals surface area (Å²) in [5.41, 5.74) is 2.51. The zero-order chi connectivity index (χ0) is 17.6. The molecule has 0 saturated carbocycles. The monoisotopic (exact) mass is 356 g/mol. The highest BCUT2D eigenvalue weighted by Gasteiger charge is 2.32. The largest absolute Gasteiger partial charge is 0.492 e. The molecule has 1 aliphatic heterocycles. The maximum Gasteiger partial charge on any atom is 0.230 e. The van der Waals surface area contributed by atoms with Crippen molar-refractivity contribution in [2.45, 2.75) is 39.7 Å². The van der Waals surface area contributed by atoms with E-state index in [1.807, 2.05) is 6.92 Å². The molecular formula is C19H24N4OS. The number of benzene rings is 1. The number of likely N-dealkylation sites (tertiary alicyclic amines) is 1. The summed E-state index contributed by atoms with van der Waals surface area (Å²) in [6.07, 6.45) is 2.47. The molecule has 1 N–H and O–H groups in total. The fourth-order valence-corrected chi connectivity index (χ4v) is 5.04. The minimum absolute atomic E-state index is 0.0535. The first-order valence-corrected chi connectivity index (χ1v) is 9.71. The van der Waals surface area contributed by atoms with Gasteiger partial charge in [0.15, 0.2) is 0 Å². The molecule has 2 aromatic heterocycles. The Morgan fingerprint density at radius 2 is 2.08 bits per heavy atom. The van der Waals surface area contributed by atoms with Gasteiger partial charge >= 0.3 is 0 Å². The molecule has 4 rings (SSSR count). The molecule has 0 aliphatic carbocycles. The van der Waals surface area contributed by atoms with E-state index < -0.39 is 0 Å². The molecule has 0 spiro atoms. The highest BCUT2D eigenvalue weighted by atomic mass is 32.1. The van der Waals surface area contributed by atoms with Crippen molar-refractivity contribution in [2.24, 2.45) is 5.92 Å². The SMILES string of the molecule is Cc1nc2sc([C@H](c3ccccc3C)N3CCC[C@H](C)C3)c(O)n2n1.